The van der Waals surface area contributed by atoms with Crippen LogP contribution in [0.15, 0.2) is 16.0 Å². The van der Waals surface area contributed by atoms with E-state index in [1.807, 2.05) is 0 Å². The van der Waals surface area contributed by atoms with Crippen molar-refractivity contribution < 1.29 is 4.52 Å². The van der Waals surface area contributed by atoms with Crippen LogP contribution >= 0.6 is 23.7 Å². The first-order valence-electron chi connectivity index (χ1n) is 6.61. The van der Waals surface area contributed by atoms with E-state index in [1.54, 1.807) is 11.3 Å². The fourth-order valence-electron chi connectivity index (χ4n) is 2.36. The van der Waals surface area contributed by atoms with Crippen molar-refractivity contribution in [3.8, 4) is 10.8 Å². The maximum Gasteiger partial charge on any atom is 0.268 e. The fraction of sp³-hybridized carbons (Fsp3) is 0.538. The predicted octanol–water partition coefficient (Wildman–Crippen LogP) is 2.36. The van der Waals surface area contributed by atoms with Gasteiger partial charge in [0.05, 0.1) is 10.9 Å². The summed E-state index contributed by atoms with van der Waals surface area (Å²) in [5, 5.41) is 9.61. The zero-order valence-corrected chi connectivity index (χ0v) is 13.3. The second kappa shape index (κ2) is 6.67. The zero-order chi connectivity index (χ0) is 13.2. The van der Waals surface area contributed by atoms with Gasteiger partial charge in [-0.1, -0.05) is 12.1 Å². The van der Waals surface area contributed by atoms with E-state index in [2.05, 4.69) is 45.8 Å². The summed E-state index contributed by atoms with van der Waals surface area (Å²) in [6.45, 7) is 5.04. The fourth-order valence-corrected chi connectivity index (χ4v) is 3.27. The highest BCUT2D eigenvalue weighted by molar-refractivity contribution is 7.13. The standard InChI is InChI=1S/C13H18N4OS.ClH/c1-3-9-4-7-19-11(9)13-15-12(16-18-13)10-8-14-5-6-17(10)2;/h4,7,10,14H,3,5-6,8H2,1-2H3;1H. The summed E-state index contributed by atoms with van der Waals surface area (Å²) in [4.78, 5) is 7.95. The molecule has 0 aromatic carbocycles. The molecule has 1 N–H and O–H groups in total. The van der Waals surface area contributed by atoms with Crippen molar-refractivity contribution in [1.82, 2.24) is 20.4 Å². The smallest absolute Gasteiger partial charge is 0.268 e. The van der Waals surface area contributed by atoms with Crippen LogP contribution < -0.4 is 5.32 Å². The van der Waals surface area contributed by atoms with Crippen LogP contribution in [0.2, 0.25) is 0 Å². The van der Waals surface area contributed by atoms with Crippen molar-refractivity contribution in [3.05, 3.63) is 22.8 Å². The molecule has 0 saturated carbocycles. The van der Waals surface area contributed by atoms with Crippen LogP contribution in [0, 0.1) is 0 Å². The normalized spacial score (nSPS) is 19.8. The number of nitrogens with one attached hydrogen (secondary N) is 1. The molecule has 0 aliphatic carbocycles. The van der Waals surface area contributed by atoms with Gasteiger partial charge < -0.3 is 9.84 Å². The molecule has 2 aromatic rings. The molecule has 1 saturated heterocycles. The largest absolute Gasteiger partial charge is 0.333 e. The molecule has 0 bridgehead atoms. The molecule has 2 aromatic heterocycles. The van der Waals surface area contributed by atoms with Crippen molar-refractivity contribution in [2.45, 2.75) is 19.4 Å². The van der Waals surface area contributed by atoms with E-state index in [1.165, 1.54) is 5.56 Å². The molecular weight excluding hydrogens is 296 g/mol. The molecular formula is C13H19ClN4OS. The quantitative estimate of drug-likeness (QED) is 0.942. The van der Waals surface area contributed by atoms with E-state index in [9.17, 15) is 0 Å². The molecule has 0 radical (unpaired) electrons. The Morgan fingerprint density at radius 1 is 1.55 bits per heavy atom. The Hall–Kier alpha value is -0.950. The van der Waals surface area contributed by atoms with Crippen LogP contribution in [-0.2, 0) is 6.42 Å². The summed E-state index contributed by atoms with van der Waals surface area (Å²) in [6, 6.07) is 2.33. The van der Waals surface area contributed by atoms with E-state index in [-0.39, 0.29) is 18.4 Å². The van der Waals surface area contributed by atoms with Crippen LogP contribution in [0.5, 0.6) is 0 Å². The van der Waals surface area contributed by atoms with E-state index < -0.39 is 0 Å². The number of rotatable bonds is 3. The summed E-state index contributed by atoms with van der Waals surface area (Å²) in [7, 11) is 2.10. The van der Waals surface area contributed by atoms with Gasteiger partial charge in [-0.05, 0) is 30.5 Å². The lowest BCUT2D eigenvalue weighted by atomic mass is 10.2. The van der Waals surface area contributed by atoms with Crippen molar-refractivity contribution in [1.29, 1.82) is 0 Å². The van der Waals surface area contributed by atoms with Crippen LogP contribution in [0.4, 0.5) is 0 Å². The van der Waals surface area contributed by atoms with Crippen LogP contribution in [-0.4, -0.2) is 41.7 Å². The molecule has 3 heterocycles. The van der Waals surface area contributed by atoms with Gasteiger partial charge in [0.15, 0.2) is 5.82 Å². The third kappa shape index (κ3) is 2.88. The van der Waals surface area contributed by atoms with Crippen LogP contribution in [0.25, 0.3) is 10.8 Å². The number of hydrogen-bond donors (Lipinski definition) is 1. The number of piperazine rings is 1. The Labute approximate surface area is 128 Å². The van der Waals surface area contributed by atoms with Crippen molar-refractivity contribution in [2.24, 2.45) is 0 Å². The number of aromatic nitrogens is 2. The Morgan fingerprint density at radius 3 is 3.15 bits per heavy atom. The first-order chi connectivity index (χ1) is 9.29. The molecule has 110 valence electrons. The molecule has 3 rings (SSSR count). The molecule has 20 heavy (non-hydrogen) atoms. The number of hydrogen-bond acceptors (Lipinski definition) is 6. The van der Waals surface area contributed by atoms with E-state index in [0.717, 1.165) is 36.8 Å². The van der Waals surface area contributed by atoms with Gasteiger partial charge in [-0.2, -0.15) is 4.98 Å². The molecule has 5 nitrogen and oxygen atoms in total. The maximum atomic E-state index is 5.45. The third-order valence-electron chi connectivity index (χ3n) is 3.57. The number of likely N-dealkylation sites (N-methyl/N-ethyl adjacent to an activating group) is 1. The Bertz CT molecular complexity index is 556. The molecule has 1 atom stereocenters. The van der Waals surface area contributed by atoms with Gasteiger partial charge in [0, 0.05) is 19.6 Å². The van der Waals surface area contributed by atoms with Gasteiger partial charge >= 0.3 is 0 Å². The van der Waals surface area contributed by atoms with Crippen molar-refractivity contribution in [2.75, 3.05) is 26.7 Å². The average Bonchev–Trinajstić information content (AvgIpc) is 3.07. The second-order valence-electron chi connectivity index (χ2n) is 4.79. The molecule has 1 fully saturated rings. The highest BCUT2D eigenvalue weighted by Crippen LogP contribution is 2.30. The summed E-state index contributed by atoms with van der Waals surface area (Å²) in [5.74, 6) is 1.43. The Morgan fingerprint density at radius 2 is 2.40 bits per heavy atom. The highest BCUT2D eigenvalue weighted by Gasteiger charge is 2.26. The topological polar surface area (TPSA) is 54.2 Å². The van der Waals surface area contributed by atoms with Gasteiger partial charge in [0.2, 0.25) is 0 Å². The lowest BCUT2D eigenvalue weighted by Crippen LogP contribution is -2.44. The van der Waals surface area contributed by atoms with E-state index in [0.29, 0.717) is 5.89 Å². The summed E-state index contributed by atoms with van der Waals surface area (Å²) < 4.78 is 5.45. The summed E-state index contributed by atoms with van der Waals surface area (Å²) in [5.41, 5.74) is 1.27. The minimum absolute atomic E-state index is 0. The first kappa shape index (κ1) is 15.4. The number of thiophene rings is 1. The van der Waals surface area contributed by atoms with Gasteiger partial charge in [0.1, 0.15) is 0 Å². The van der Waals surface area contributed by atoms with Gasteiger partial charge in [-0.3, -0.25) is 4.90 Å². The average molecular weight is 315 g/mol. The number of nitrogens with zero attached hydrogens (tertiary/aromatic N) is 3. The van der Waals surface area contributed by atoms with Crippen LogP contribution in [0.3, 0.4) is 0 Å². The van der Waals surface area contributed by atoms with Crippen molar-refractivity contribution >= 4 is 23.7 Å². The second-order valence-corrected chi connectivity index (χ2v) is 5.70. The van der Waals surface area contributed by atoms with E-state index in [4.69, 9.17) is 4.52 Å². The molecule has 1 unspecified atom stereocenters. The van der Waals surface area contributed by atoms with Gasteiger partial charge in [-0.15, -0.1) is 23.7 Å². The van der Waals surface area contributed by atoms with Crippen molar-refractivity contribution in [3.63, 3.8) is 0 Å². The lowest BCUT2D eigenvalue weighted by Gasteiger charge is -2.30. The summed E-state index contributed by atoms with van der Waals surface area (Å²) >= 11 is 1.66. The number of halogens is 1. The SMILES string of the molecule is CCc1ccsc1-c1nc(C2CNCCN2C)no1.Cl. The zero-order valence-electron chi connectivity index (χ0n) is 11.6. The third-order valence-corrected chi connectivity index (χ3v) is 4.52. The minimum Gasteiger partial charge on any atom is -0.333 e. The Kier molecular flexibility index (Phi) is 5.15. The van der Waals surface area contributed by atoms with Gasteiger partial charge in [-0.25, -0.2) is 0 Å². The molecule has 0 amide bonds. The van der Waals surface area contributed by atoms with Gasteiger partial charge in [0.25, 0.3) is 5.89 Å². The first-order valence-corrected chi connectivity index (χ1v) is 7.49. The molecule has 1 aliphatic heterocycles. The summed E-state index contributed by atoms with van der Waals surface area (Å²) in [6.07, 6.45) is 0.988. The minimum atomic E-state index is 0. The monoisotopic (exact) mass is 314 g/mol. The van der Waals surface area contributed by atoms with E-state index >= 15 is 0 Å². The molecule has 0 spiro atoms. The number of aryl methyl sites for hydroxylation is 1. The molecule has 7 heteroatoms. The highest BCUT2D eigenvalue weighted by atomic mass is 35.5. The lowest BCUT2D eigenvalue weighted by molar-refractivity contribution is 0.190. The maximum absolute atomic E-state index is 5.45. The molecule has 1 aliphatic rings. The van der Waals surface area contributed by atoms with Crippen LogP contribution in [0.1, 0.15) is 24.4 Å². The predicted molar refractivity (Wildman–Crippen MR) is 82.5 cm³/mol. The Balaban J connectivity index is 0.00000147.